The van der Waals surface area contributed by atoms with Crippen LogP contribution < -0.4 is 4.90 Å². The minimum Gasteiger partial charge on any atom is -0.478 e. The third-order valence-corrected chi connectivity index (χ3v) is 3.32. The largest absolute Gasteiger partial charge is 0.478 e. The Balaban J connectivity index is 2.34. The average molecular weight is 269 g/mol. The predicted molar refractivity (Wildman–Crippen MR) is 81.3 cm³/mol. The highest BCUT2D eigenvalue weighted by Crippen LogP contribution is 2.23. The third-order valence-electron chi connectivity index (χ3n) is 3.32. The zero-order valence-electron chi connectivity index (χ0n) is 11.8. The monoisotopic (exact) mass is 269 g/mol. The second-order valence-electron chi connectivity index (χ2n) is 4.83. The van der Waals surface area contributed by atoms with Gasteiger partial charge in [0.15, 0.2) is 0 Å². The quantitative estimate of drug-likeness (QED) is 0.899. The van der Waals surface area contributed by atoms with Crippen molar-refractivity contribution in [1.82, 2.24) is 0 Å². The van der Waals surface area contributed by atoms with Crippen LogP contribution in [0.1, 0.15) is 28.4 Å². The molecule has 3 heteroatoms. The Labute approximate surface area is 119 Å². The summed E-state index contributed by atoms with van der Waals surface area (Å²) in [6, 6.07) is 15.7. The van der Waals surface area contributed by atoms with Crippen LogP contribution in [0.25, 0.3) is 0 Å². The number of aromatic carboxylic acids is 1. The van der Waals surface area contributed by atoms with Gasteiger partial charge in [-0.3, -0.25) is 0 Å². The fourth-order valence-electron chi connectivity index (χ4n) is 2.27. The molecule has 0 bridgehead atoms. The SMILES string of the molecule is CCN(Cc1ccccc1)c1ccc(C)cc1C(=O)O. The van der Waals surface area contributed by atoms with Gasteiger partial charge < -0.3 is 10.0 Å². The van der Waals surface area contributed by atoms with Gasteiger partial charge in [0.05, 0.1) is 11.3 Å². The summed E-state index contributed by atoms with van der Waals surface area (Å²) in [7, 11) is 0. The lowest BCUT2D eigenvalue weighted by Crippen LogP contribution is -2.24. The van der Waals surface area contributed by atoms with Crippen molar-refractivity contribution in [3.8, 4) is 0 Å². The van der Waals surface area contributed by atoms with E-state index in [1.54, 1.807) is 6.07 Å². The van der Waals surface area contributed by atoms with E-state index >= 15 is 0 Å². The molecule has 104 valence electrons. The van der Waals surface area contributed by atoms with Gasteiger partial charge in [-0.15, -0.1) is 0 Å². The minimum atomic E-state index is -0.879. The lowest BCUT2D eigenvalue weighted by Gasteiger charge is -2.25. The van der Waals surface area contributed by atoms with E-state index < -0.39 is 5.97 Å². The van der Waals surface area contributed by atoms with E-state index in [4.69, 9.17) is 0 Å². The number of anilines is 1. The number of benzene rings is 2. The van der Waals surface area contributed by atoms with E-state index in [1.807, 2.05) is 44.2 Å². The Kier molecular flexibility index (Phi) is 4.41. The average Bonchev–Trinajstić information content (AvgIpc) is 2.46. The van der Waals surface area contributed by atoms with Crippen molar-refractivity contribution in [1.29, 1.82) is 0 Å². The summed E-state index contributed by atoms with van der Waals surface area (Å²) in [6.45, 7) is 5.41. The van der Waals surface area contributed by atoms with Crippen LogP contribution in [0.2, 0.25) is 0 Å². The number of hydrogen-bond acceptors (Lipinski definition) is 2. The molecule has 0 radical (unpaired) electrons. The lowest BCUT2D eigenvalue weighted by molar-refractivity contribution is 0.0697. The molecule has 0 spiro atoms. The smallest absolute Gasteiger partial charge is 0.337 e. The van der Waals surface area contributed by atoms with Crippen LogP contribution in [0.4, 0.5) is 5.69 Å². The zero-order valence-corrected chi connectivity index (χ0v) is 11.8. The van der Waals surface area contributed by atoms with Gasteiger partial charge in [-0.1, -0.05) is 42.0 Å². The van der Waals surface area contributed by atoms with E-state index in [2.05, 4.69) is 17.0 Å². The number of aryl methyl sites for hydroxylation is 1. The summed E-state index contributed by atoms with van der Waals surface area (Å²) in [4.78, 5) is 13.5. The molecule has 2 rings (SSSR count). The molecule has 0 aliphatic carbocycles. The van der Waals surface area contributed by atoms with Crippen molar-refractivity contribution in [2.24, 2.45) is 0 Å². The van der Waals surface area contributed by atoms with Crippen LogP contribution in [-0.2, 0) is 6.54 Å². The first kappa shape index (κ1) is 14.1. The predicted octanol–water partition coefficient (Wildman–Crippen LogP) is 3.72. The third kappa shape index (κ3) is 3.18. The van der Waals surface area contributed by atoms with Gasteiger partial charge in [-0.05, 0) is 31.5 Å². The molecule has 3 nitrogen and oxygen atoms in total. The summed E-state index contributed by atoms with van der Waals surface area (Å²) in [5, 5.41) is 9.37. The first-order valence-corrected chi connectivity index (χ1v) is 6.74. The van der Waals surface area contributed by atoms with E-state index in [1.165, 1.54) is 5.56 Å². The Morgan fingerprint density at radius 3 is 2.45 bits per heavy atom. The fourth-order valence-corrected chi connectivity index (χ4v) is 2.27. The molecular weight excluding hydrogens is 250 g/mol. The second-order valence-corrected chi connectivity index (χ2v) is 4.83. The molecule has 0 unspecified atom stereocenters. The zero-order chi connectivity index (χ0) is 14.5. The molecule has 0 aliphatic rings. The van der Waals surface area contributed by atoms with Gasteiger partial charge in [0.1, 0.15) is 0 Å². The van der Waals surface area contributed by atoms with E-state index in [9.17, 15) is 9.90 Å². The topological polar surface area (TPSA) is 40.5 Å². The van der Waals surface area contributed by atoms with Crippen LogP contribution in [0, 0.1) is 6.92 Å². The highest BCUT2D eigenvalue weighted by Gasteiger charge is 2.15. The molecule has 0 heterocycles. The second kappa shape index (κ2) is 6.24. The van der Waals surface area contributed by atoms with Crippen molar-refractivity contribution in [3.63, 3.8) is 0 Å². The van der Waals surface area contributed by atoms with Gasteiger partial charge in [-0.25, -0.2) is 4.79 Å². The maximum atomic E-state index is 11.4. The first-order chi connectivity index (χ1) is 9.61. The van der Waals surface area contributed by atoms with Gasteiger partial charge in [-0.2, -0.15) is 0 Å². The molecule has 2 aromatic rings. The number of nitrogens with zero attached hydrogens (tertiary/aromatic N) is 1. The Morgan fingerprint density at radius 2 is 1.85 bits per heavy atom. The van der Waals surface area contributed by atoms with Crippen LogP contribution in [0.15, 0.2) is 48.5 Å². The molecule has 0 fully saturated rings. The van der Waals surface area contributed by atoms with E-state index in [-0.39, 0.29) is 0 Å². The summed E-state index contributed by atoms with van der Waals surface area (Å²) < 4.78 is 0. The fraction of sp³-hybridized carbons (Fsp3) is 0.235. The number of carboxylic acid groups (broad SMARTS) is 1. The lowest BCUT2D eigenvalue weighted by atomic mass is 10.1. The van der Waals surface area contributed by atoms with Crippen LogP contribution in [0.3, 0.4) is 0 Å². The van der Waals surface area contributed by atoms with Crippen LogP contribution in [-0.4, -0.2) is 17.6 Å². The maximum Gasteiger partial charge on any atom is 0.337 e. The Hall–Kier alpha value is -2.29. The van der Waals surface area contributed by atoms with Crippen molar-refractivity contribution in [3.05, 3.63) is 65.2 Å². The molecule has 0 saturated carbocycles. The highest BCUT2D eigenvalue weighted by atomic mass is 16.4. The normalized spacial score (nSPS) is 10.3. The number of rotatable bonds is 5. The molecule has 1 N–H and O–H groups in total. The van der Waals surface area contributed by atoms with Crippen LogP contribution in [0.5, 0.6) is 0 Å². The minimum absolute atomic E-state index is 0.364. The molecule has 2 aromatic carbocycles. The number of hydrogen-bond donors (Lipinski definition) is 1. The first-order valence-electron chi connectivity index (χ1n) is 6.74. The van der Waals surface area contributed by atoms with Gasteiger partial charge in [0.25, 0.3) is 0 Å². The summed E-state index contributed by atoms with van der Waals surface area (Å²) >= 11 is 0. The number of carboxylic acids is 1. The van der Waals surface area contributed by atoms with E-state index in [0.717, 1.165) is 17.8 Å². The van der Waals surface area contributed by atoms with Crippen molar-refractivity contribution < 1.29 is 9.90 Å². The highest BCUT2D eigenvalue weighted by molar-refractivity contribution is 5.94. The van der Waals surface area contributed by atoms with Gasteiger partial charge >= 0.3 is 5.97 Å². The van der Waals surface area contributed by atoms with Gasteiger partial charge in [0.2, 0.25) is 0 Å². The Morgan fingerprint density at radius 1 is 1.15 bits per heavy atom. The summed E-state index contributed by atoms with van der Waals surface area (Å²) in [6.07, 6.45) is 0. The van der Waals surface area contributed by atoms with Crippen molar-refractivity contribution in [2.75, 3.05) is 11.4 Å². The van der Waals surface area contributed by atoms with Crippen molar-refractivity contribution >= 4 is 11.7 Å². The Bertz CT molecular complexity index is 593. The maximum absolute atomic E-state index is 11.4. The van der Waals surface area contributed by atoms with Crippen molar-refractivity contribution in [2.45, 2.75) is 20.4 Å². The molecular formula is C17H19NO2. The summed E-state index contributed by atoms with van der Waals surface area (Å²) in [5.41, 5.74) is 3.27. The van der Waals surface area contributed by atoms with Crippen LogP contribution >= 0.6 is 0 Å². The summed E-state index contributed by atoms with van der Waals surface area (Å²) in [5.74, 6) is -0.879. The molecule has 20 heavy (non-hydrogen) atoms. The standard InChI is InChI=1S/C17H19NO2/c1-3-18(12-14-7-5-4-6-8-14)16-10-9-13(2)11-15(16)17(19)20/h4-11H,3,12H2,1-2H3,(H,19,20). The molecule has 0 aromatic heterocycles. The molecule has 0 atom stereocenters. The molecule has 0 aliphatic heterocycles. The van der Waals surface area contributed by atoms with E-state index in [0.29, 0.717) is 12.1 Å². The van der Waals surface area contributed by atoms with Gasteiger partial charge in [0, 0.05) is 13.1 Å². The molecule has 0 saturated heterocycles. The number of carbonyl (C=O) groups is 1. The molecule has 0 amide bonds.